The number of carboxylic acids is 2. The minimum atomic E-state index is -1.32. The molecule has 2 N–H and O–H groups in total. The summed E-state index contributed by atoms with van der Waals surface area (Å²) < 4.78 is 15.1. The lowest BCUT2D eigenvalue weighted by Crippen LogP contribution is -2.07. The summed E-state index contributed by atoms with van der Waals surface area (Å²) in [5.74, 6) is -2.89. The fraction of sp³-hybridized carbons (Fsp3) is 0.231. The van der Waals surface area contributed by atoms with E-state index in [4.69, 9.17) is 10.2 Å². The Morgan fingerprint density at radius 3 is 2.57 bits per heavy atom. The normalized spacial score (nSPS) is 10.5. The van der Waals surface area contributed by atoms with Gasteiger partial charge >= 0.3 is 11.9 Å². The predicted molar refractivity (Wildman–Crippen MR) is 69.2 cm³/mol. The van der Waals surface area contributed by atoms with Crippen molar-refractivity contribution >= 4 is 11.9 Å². The number of carbonyl (C=O) groups is 2. The fourth-order valence-electron chi connectivity index (χ4n) is 1.91. The molecule has 110 valence electrons. The van der Waals surface area contributed by atoms with Crippen molar-refractivity contribution < 1.29 is 24.2 Å². The highest BCUT2D eigenvalue weighted by atomic mass is 19.1. The zero-order chi connectivity index (χ0) is 15.4. The summed E-state index contributed by atoms with van der Waals surface area (Å²) >= 11 is 0. The Morgan fingerprint density at radius 2 is 1.95 bits per heavy atom. The Balaban J connectivity index is 2.41. The van der Waals surface area contributed by atoms with Crippen LogP contribution in [-0.4, -0.2) is 37.1 Å². The molecule has 0 radical (unpaired) electrons. The number of aryl methyl sites for hydroxylation is 1. The van der Waals surface area contributed by atoms with Gasteiger partial charge in [0.05, 0.1) is 0 Å². The van der Waals surface area contributed by atoms with Gasteiger partial charge in [-0.3, -0.25) is 4.79 Å². The first-order valence-electron chi connectivity index (χ1n) is 6.14. The van der Waals surface area contributed by atoms with Crippen LogP contribution >= 0.6 is 0 Å². The van der Waals surface area contributed by atoms with E-state index >= 15 is 0 Å². The molecule has 0 spiro atoms. The van der Waals surface area contributed by atoms with Crippen LogP contribution in [0.15, 0.2) is 24.3 Å². The summed E-state index contributed by atoms with van der Waals surface area (Å²) in [6.45, 7) is 0.135. The summed E-state index contributed by atoms with van der Waals surface area (Å²) in [6, 6.07) is 5.68. The maximum absolute atomic E-state index is 13.9. The Morgan fingerprint density at radius 1 is 1.24 bits per heavy atom. The van der Waals surface area contributed by atoms with Gasteiger partial charge in [0.15, 0.2) is 5.69 Å². The number of nitrogens with zero attached hydrogens (tertiary/aromatic N) is 3. The second-order valence-corrected chi connectivity index (χ2v) is 4.29. The minimum Gasteiger partial charge on any atom is -0.481 e. The number of benzene rings is 1. The number of hydrogen-bond acceptors (Lipinski definition) is 4. The van der Waals surface area contributed by atoms with Crippen LogP contribution in [0.1, 0.15) is 23.3 Å². The van der Waals surface area contributed by atoms with Gasteiger partial charge in [0.1, 0.15) is 11.5 Å². The number of aromatic carboxylic acids is 1. The average Bonchev–Trinajstić information content (AvgIpc) is 2.83. The van der Waals surface area contributed by atoms with Gasteiger partial charge in [0.2, 0.25) is 0 Å². The molecule has 0 amide bonds. The van der Waals surface area contributed by atoms with E-state index in [1.165, 1.54) is 22.9 Å². The van der Waals surface area contributed by atoms with Crippen LogP contribution in [0.25, 0.3) is 11.3 Å². The third kappa shape index (κ3) is 3.22. The number of halogens is 1. The highest BCUT2D eigenvalue weighted by molar-refractivity contribution is 5.92. The van der Waals surface area contributed by atoms with E-state index in [2.05, 4.69) is 10.3 Å². The summed E-state index contributed by atoms with van der Waals surface area (Å²) in [6.07, 6.45) is 0.137. The van der Waals surface area contributed by atoms with Gasteiger partial charge in [-0.05, 0) is 18.6 Å². The molecule has 0 aliphatic rings. The second kappa shape index (κ2) is 6.12. The van der Waals surface area contributed by atoms with E-state index in [1.807, 2.05) is 0 Å². The van der Waals surface area contributed by atoms with Crippen molar-refractivity contribution in [3.05, 3.63) is 35.8 Å². The van der Waals surface area contributed by atoms with Gasteiger partial charge in [0.25, 0.3) is 0 Å². The molecule has 0 saturated heterocycles. The summed E-state index contributed by atoms with van der Waals surface area (Å²) in [4.78, 5) is 21.7. The summed E-state index contributed by atoms with van der Waals surface area (Å²) in [7, 11) is 0. The van der Waals surface area contributed by atoms with E-state index in [0.717, 1.165) is 0 Å². The molecule has 2 rings (SSSR count). The quantitative estimate of drug-likeness (QED) is 0.839. The SMILES string of the molecule is O=C(O)CCCn1nnc(C(=O)O)c1-c1ccccc1F. The Hall–Kier alpha value is -2.77. The summed E-state index contributed by atoms with van der Waals surface area (Å²) in [5.41, 5.74) is -0.267. The molecule has 1 heterocycles. The van der Waals surface area contributed by atoms with Gasteiger partial charge in [0, 0.05) is 18.5 Å². The van der Waals surface area contributed by atoms with Crippen molar-refractivity contribution in [3.63, 3.8) is 0 Å². The maximum atomic E-state index is 13.9. The molecule has 0 unspecified atom stereocenters. The van der Waals surface area contributed by atoms with Crippen LogP contribution in [0.2, 0.25) is 0 Å². The van der Waals surface area contributed by atoms with Crippen molar-refractivity contribution in [2.45, 2.75) is 19.4 Å². The number of rotatable bonds is 6. The predicted octanol–water partition coefficient (Wildman–Crippen LogP) is 1.65. The molecular weight excluding hydrogens is 281 g/mol. The van der Waals surface area contributed by atoms with Crippen molar-refractivity contribution in [1.29, 1.82) is 0 Å². The van der Waals surface area contributed by atoms with Crippen LogP contribution < -0.4 is 0 Å². The van der Waals surface area contributed by atoms with Crippen LogP contribution in [0.5, 0.6) is 0 Å². The van der Waals surface area contributed by atoms with Crippen molar-refractivity contribution in [1.82, 2.24) is 15.0 Å². The molecule has 0 saturated carbocycles. The monoisotopic (exact) mass is 293 g/mol. The lowest BCUT2D eigenvalue weighted by molar-refractivity contribution is -0.137. The lowest BCUT2D eigenvalue weighted by atomic mass is 10.1. The lowest BCUT2D eigenvalue weighted by Gasteiger charge is -2.07. The topological polar surface area (TPSA) is 105 Å². The first-order valence-corrected chi connectivity index (χ1v) is 6.14. The van der Waals surface area contributed by atoms with Crippen LogP contribution in [0, 0.1) is 5.82 Å². The Labute approximate surface area is 118 Å². The van der Waals surface area contributed by atoms with E-state index in [-0.39, 0.29) is 36.3 Å². The Bertz CT molecular complexity index is 684. The van der Waals surface area contributed by atoms with Crippen molar-refractivity contribution in [3.8, 4) is 11.3 Å². The first kappa shape index (κ1) is 14.6. The average molecular weight is 293 g/mol. The molecule has 21 heavy (non-hydrogen) atoms. The van der Waals surface area contributed by atoms with Gasteiger partial charge in [-0.1, -0.05) is 17.3 Å². The van der Waals surface area contributed by atoms with Crippen molar-refractivity contribution in [2.24, 2.45) is 0 Å². The third-order valence-corrected chi connectivity index (χ3v) is 2.83. The van der Waals surface area contributed by atoms with Crippen LogP contribution in [0.3, 0.4) is 0 Å². The maximum Gasteiger partial charge on any atom is 0.358 e. The third-order valence-electron chi connectivity index (χ3n) is 2.83. The van der Waals surface area contributed by atoms with Crippen LogP contribution in [-0.2, 0) is 11.3 Å². The van der Waals surface area contributed by atoms with E-state index in [1.54, 1.807) is 6.07 Å². The first-order chi connectivity index (χ1) is 10.0. The van der Waals surface area contributed by atoms with E-state index < -0.39 is 17.8 Å². The summed E-state index contributed by atoms with van der Waals surface area (Å²) in [5, 5.41) is 24.9. The largest absolute Gasteiger partial charge is 0.481 e. The number of aromatic nitrogens is 3. The molecule has 2 aromatic rings. The van der Waals surface area contributed by atoms with Gasteiger partial charge < -0.3 is 10.2 Å². The minimum absolute atomic E-state index is 0.0333. The second-order valence-electron chi connectivity index (χ2n) is 4.29. The standard InChI is InChI=1S/C13H12FN3O4/c14-9-5-2-1-4-8(9)12-11(13(20)21)15-16-17(12)7-3-6-10(18)19/h1-2,4-5H,3,6-7H2,(H,18,19)(H,20,21). The molecule has 7 nitrogen and oxygen atoms in total. The molecule has 0 fully saturated rings. The van der Waals surface area contributed by atoms with Gasteiger partial charge in [-0.15, -0.1) is 5.10 Å². The van der Waals surface area contributed by atoms with Gasteiger partial charge in [-0.25, -0.2) is 13.9 Å². The number of hydrogen-bond donors (Lipinski definition) is 2. The van der Waals surface area contributed by atoms with E-state index in [0.29, 0.717) is 0 Å². The molecule has 1 aromatic heterocycles. The zero-order valence-corrected chi connectivity index (χ0v) is 10.9. The molecule has 0 aliphatic heterocycles. The molecule has 0 aliphatic carbocycles. The molecule has 8 heteroatoms. The van der Waals surface area contributed by atoms with Crippen LogP contribution in [0.4, 0.5) is 4.39 Å². The molecule has 0 atom stereocenters. The molecule has 1 aromatic carbocycles. The smallest absolute Gasteiger partial charge is 0.358 e. The highest BCUT2D eigenvalue weighted by Gasteiger charge is 2.22. The highest BCUT2D eigenvalue weighted by Crippen LogP contribution is 2.25. The number of aliphatic carboxylic acids is 1. The van der Waals surface area contributed by atoms with Crippen molar-refractivity contribution in [2.75, 3.05) is 0 Å². The number of carboxylic acid groups (broad SMARTS) is 2. The fourth-order valence-corrected chi connectivity index (χ4v) is 1.91. The zero-order valence-electron chi connectivity index (χ0n) is 10.9. The molecular formula is C13H12FN3O4. The Kier molecular flexibility index (Phi) is 4.27. The van der Waals surface area contributed by atoms with Gasteiger partial charge in [-0.2, -0.15) is 0 Å². The van der Waals surface area contributed by atoms with E-state index in [9.17, 15) is 14.0 Å². The molecule has 0 bridgehead atoms.